The van der Waals surface area contributed by atoms with Crippen LogP contribution in [-0.2, 0) is 11.2 Å². The van der Waals surface area contributed by atoms with Crippen molar-refractivity contribution in [1.29, 1.82) is 0 Å². The molecule has 2 atom stereocenters. The summed E-state index contributed by atoms with van der Waals surface area (Å²) < 4.78 is 0. The number of primary amides is 1. The number of aliphatic hydroxyl groups excluding tert-OH is 1. The van der Waals surface area contributed by atoms with Gasteiger partial charge in [-0.1, -0.05) is 59.6 Å². The van der Waals surface area contributed by atoms with Crippen molar-refractivity contribution in [1.82, 2.24) is 5.32 Å². The van der Waals surface area contributed by atoms with E-state index < -0.39 is 24.0 Å². The van der Waals surface area contributed by atoms with E-state index in [0.29, 0.717) is 0 Å². The van der Waals surface area contributed by atoms with Crippen LogP contribution < -0.4 is 11.1 Å². The van der Waals surface area contributed by atoms with Crippen molar-refractivity contribution in [2.75, 3.05) is 0 Å². The second-order valence-electron chi connectivity index (χ2n) is 5.21. The average Bonchev–Trinajstić information content (AvgIpc) is 2.54. The van der Waals surface area contributed by atoms with E-state index in [2.05, 4.69) is 5.32 Å². The van der Waals surface area contributed by atoms with E-state index in [0.717, 1.165) is 5.56 Å². The zero-order chi connectivity index (χ0) is 17.7. The SMILES string of the molecule is NC(=O)C(O)C(Cc1ccccc1)NC(=O)c1c(Cl)cccc1Cl. The Kier molecular flexibility index (Phi) is 6.20. The number of nitrogens with two attached hydrogens (primary N) is 1. The third-order valence-electron chi connectivity index (χ3n) is 3.48. The lowest BCUT2D eigenvalue weighted by Crippen LogP contribution is -2.50. The second-order valence-corrected chi connectivity index (χ2v) is 6.03. The van der Waals surface area contributed by atoms with E-state index in [4.69, 9.17) is 28.9 Å². The van der Waals surface area contributed by atoms with Crippen LogP contribution in [0.4, 0.5) is 0 Å². The van der Waals surface area contributed by atoms with Crippen molar-refractivity contribution in [3.05, 3.63) is 69.7 Å². The normalized spacial score (nSPS) is 13.1. The maximum Gasteiger partial charge on any atom is 0.254 e. The number of aliphatic hydroxyl groups is 1. The monoisotopic (exact) mass is 366 g/mol. The number of hydrogen-bond donors (Lipinski definition) is 3. The molecule has 0 radical (unpaired) electrons. The van der Waals surface area contributed by atoms with Gasteiger partial charge in [0.1, 0.15) is 0 Å². The molecule has 0 spiro atoms. The average molecular weight is 367 g/mol. The first-order chi connectivity index (χ1) is 11.4. The zero-order valence-corrected chi connectivity index (χ0v) is 14.1. The van der Waals surface area contributed by atoms with Crippen molar-refractivity contribution in [3.63, 3.8) is 0 Å². The summed E-state index contributed by atoms with van der Waals surface area (Å²) in [6, 6.07) is 12.9. The third-order valence-corrected chi connectivity index (χ3v) is 4.11. The van der Waals surface area contributed by atoms with Crippen molar-refractivity contribution in [3.8, 4) is 0 Å². The number of carbonyl (C=O) groups excluding carboxylic acids is 2. The Hall–Kier alpha value is -2.08. The number of hydrogen-bond acceptors (Lipinski definition) is 3. The lowest BCUT2D eigenvalue weighted by atomic mass is 10.00. The highest BCUT2D eigenvalue weighted by Crippen LogP contribution is 2.24. The molecule has 7 heteroatoms. The Labute approximate surface area is 149 Å². The van der Waals surface area contributed by atoms with E-state index in [9.17, 15) is 14.7 Å². The Morgan fingerprint density at radius 1 is 1.04 bits per heavy atom. The minimum atomic E-state index is -1.55. The number of amides is 2. The van der Waals surface area contributed by atoms with E-state index in [1.807, 2.05) is 30.3 Å². The van der Waals surface area contributed by atoms with Crippen LogP contribution in [0.15, 0.2) is 48.5 Å². The Bertz CT molecular complexity index is 718. The maximum absolute atomic E-state index is 12.5. The van der Waals surface area contributed by atoms with Crippen molar-refractivity contribution in [2.24, 2.45) is 5.73 Å². The van der Waals surface area contributed by atoms with Crippen LogP contribution >= 0.6 is 23.2 Å². The van der Waals surface area contributed by atoms with Crippen LogP contribution in [0.25, 0.3) is 0 Å². The molecule has 2 unspecified atom stereocenters. The number of benzene rings is 2. The zero-order valence-electron chi connectivity index (χ0n) is 12.6. The van der Waals surface area contributed by atoms with Gasteiger partial charge in [0.25, 0.3) is 5.91 Å². The third kappa shape index (κ3) is 4.47. The van der Waals surface area contributed by atoms with E-state index in [-0.39, 0.29) is 22.0 Å². The molecule has 0 aromatic heterocycles. The van der Waals surface area contributed by atoms with Gasteiger partial charge in [-0.25, -0.2) is 0 Å². The predicted octanol–water partition coefficient (Wildman–Crippen LogP) is 2.18. The van der Waals surface area contributed by atoms with Gasteiger partial charge >= 0.3 is 0 Å². The van der Waals surface area contributed by atoms with Crippen molar-refractivity contribution in [2.45, 2.75) is 18.6 Å². The highest BCUT2D eigenvalue weighted by atomic mass is 35.5. The molecule has 2 amide bonds. The Morgan fingerprint density at radius 3 is 2.17 bits per heavy atom. The molecule has 0 bridgehead atoms. The fourth-order valence-corrected chi connectivity index (χ4v) is 2.83. The van der Waals surface area contributed by atoms with Gasteiger partial charge < -0.3 is 16.2 Å². The summed E-state index contributed by atoms with van der Waals surface area (Å²) in [5, 5.41) is 13.0. The number of halogens is 2. The summed E-state index contributed by atoms with van der Waals surface area (Å²) in [5.74, 6) is -1.52. The predicted molar refractivity (Wildman–Crippen MR) is 93.1 cm³/mol. The quantitative estimate of drug-likeness (QED) is 0.731. The molecule has 4 N–H and O–H groups in total. The van der Waals surface area contributed by atoms with Gasteiger partial charge in [-0.15, -0.1) is 0 Å². The number of rotatable bonds is 6. The van der Waals surface area contributed by atoms with Gasteiger partial charge in [0, 0.05) is 0 Å². The molecule has 0 saturated carbocycles. The van der Waals surface area contributed by atoms with Crippen LogP contribution in [0.1, 0.15) is 15.9 Å². The molecule has 0 heterocycles. The van der Waals surface area contributed by atoms with Crippen LogP contribution in [-0.4, -0.2) is 29.1 Å². The van der Waals surface area contributed by atoms with Crippen LogP contribution in [0, 0.1) is 0 Å². The molecule has 24 heavy (non-hydrogen) atoms. The molecule has 0 saturated heterocycles. The second kappa shape index (κ2) is 8.15. The highest BCUT2D eigenvalue weighted by Gasteiger charge is 2.27. The summed E-state index contributed by atoms with van der Waals surface area (Å²) in [5.41, 5.74) is 6.08. The molecule has 5 nitrogen and oxygen atoms in total. The van der Waals surface area contributed by atoms with Gasteiger partial charge in [-0.05, 0) is 24.1 Å². The lowest BCUT2D eigenvalue weighted by molar-refractivity contribution is -0.127. The molecule has 2 aromatic rings. The van der Waals surface area contributed by atoms with E-state index >= 15 is 0 Å². The smallest absolute Gasteiger partial charge is 0.254 e. The first-order valence-electron chi connectivity index (χ1n) is 7.16. The fraction of sp³-hybridized carbons (Fsp3) is 0.176. The van der Waals surface area contributed by atoms with Gasteiger partial charge in [-0.2, -0.15) is 0 Å². The number of nitrogens with one attached hydrogen (secondary N) is 1. The van der Waals surface area contributed by atoms with Gasteiger partial charge in [0.2, 0.25) is 5.91 Å². The van der Waals surface area contributed by atoms with Crippen LogP contribution in [0.5, 0.6) is 0 Å². The summed E-state index contributed by atoms with van der Waals surface area (Å²) in [7, 11) is 0. The summed E-state index contributed by atoms with van der Waals surface area (Å²) in [4.78, 5) is 23.8. The van der Waals surface area contributed by atoms with Gasteiger partial charge in [-0.3, -0.25) is 9.59 Å². The molecular weight excluding hydrogens is 351 g/mol. The minimum absolute atomic E-state index is 0.0792. The van der Waals surface area contributed by atoms with Crippen LogP contribution in [0.2, 0.25) is 10.0 Å². The standard InChI is InChI=1S/C17H16Cl2N2O3/c18-11-7-4-8-12(19)14(11)17(24)21-13(15(22)16(20)23)9-10-5-2-1-3-6-10/h1-8,13,15,22H,9H2,(H2,20,23)(H,21,24). The van der Waals surface area contributed by atoms with Gasteiger partial charge in [0.15, 0.2) is 6.10 Å². The number of carbonyl (C=O) groups is 2. The first-order valence-corrected chi connectivity index (χ1v) is 7.92. The molecule has 126 valence electrons. The first kappa shape index (κ1) is 18.3. The van der Waals surface area contributed by atoms with E-state index in [1.165, 1.54) is 12.1 Å². The summed E-state index contributed by atoms with van der Waals surface area (Å²) in [6.07, 6.45) is -1.32. The minimum Gasteiger partial charge on any atom is -0.381 e. The molecule has 0 fully saturated rings. The van der Waals surface area contributed by atoms with Crippen LogP contribution in [0.3, 0.4) is 0 Å². The molecular formula is C17H16Cl2N2O3. The molecule has 0 aliphatic heterocycles. The Balaban J connectivity index is 2.24. The largest absolute Gasteiger partial charge is 0.381 e. The van der Waals surface area contributed by atoms with Crippen molar-refractivity contribution < 1.29 is 14.7 Å². The molecule has 0 aliphatic carbocycles. The van der Waals surface area contributed by atoms with Crippen molar-refractivity contribution >= 4 is 35.0 Å². The summed E-state index contributed by atoms with van der Waals surface area (Å²) in [6.45, 7) is 0. The summed E-state index contributed by atoms with van der Waals surface area (Å²) >= 11 is 12.0. The fourth-order valence-electron chi connectivity index (χ4n) is 2.26. The molecule has 0 aliphatic rings. The highest BCUT2D eigenvalue weighted by molar-refractivity contribution is 6.39. The van der Waals surface area contributed by atoms with Gasteiger partial charge in [0.05, 0.1) is 21.7 Å². The molecule has 2 aromatic carbocycles. The molecule has 2 rings (SSSR count). The lowest BCUT2D eigenvalue weighted by Gasteiger charge is -2.23. The van der Waals surface area contributed by atoms with E-state index in [1.54, 1.807) is 6.07 Å². The topological polar surface area (TPSA) is 92.4 Å². The maximum atomic E-state index is 12.5. The Morgan fingerprint density at radius 2 is 1.62 bits per heavy atom.